The minimum atomic E-state index is 0.139. The van der Waals surface area contributed by atoms with Crippen molar-refractivity contribution in [3.8, 4) is 0 Å². The number of aromatic nitrogens is 2. The predicted octanol–water partition coefficient (Wildman–Crippen LogP) is -3.05. The molecule has 60 valence electrons. The smallest absolute Gasteiger partial charge is 0.219 e. The maximum atomic E-state index is 10.2. The molecule has 2 rings (SSSR count). The summed E-state index contributed by atoms with van der Waals surface area (Å²) < 4.78 is 0. The number of anilines is 1. The zero-order valence-electron chi connectivity index (χ0n) is 5.83. The zero-order chi connectivity index (χ0) is 8.39. The van der Waals surface area contributed by atoms with Gasteiger partial charge in [0, 0.05) is 6.07 Å². The second kappa shape index (κ2) is 2.57. The molecule has 0 radical (unpaired) electrons. The number of nitrogens with zero attached hydrogens (tertiary/aromatic N) is 3. The molecule has 1 aliphatic rings. The van der Waals surface area contributed by atoms with E-state index in [0.29, 0.717) is 11.2 Å². The van der Waals surface area contributed by atoms with E-state index in [0.717, 1.165) is 0 Å². The van der Waals surface area contributed by atoms with Crippen LogP contribution in [-0.4, -0.2) is 16.1 Å². The summed E-state index contributed by atoms with van der Waals surface area (Å²) in [5.41, 5.74) is 8.65. The maximum absolute atomic E-state index is 10.2. The van der Waals surface area contributed by atoms with Crippen molar-refractivity contribution < 1.29 is 4.79 Å². The molecular weight excluding hydrogens is 160 g/mol. The van der Waals surface area contributed by atoms with Crippen LogP contribution in [0.5, 0.6) is 0 Å². The summed E-state index contributed by atoms with van der Waals surface area (Å²) in [6, 6.07) is 1.49. The van der Waals surface area contributed by atoms with Crippen molar-refractivity contribution in [1.29, 1.82) is 0 Å². The van der Waals surface area contributed by atoms with Crippen LogP contribution in [0.15, 0.2) is 11.2 Å². The maximum Gasteiger partial charge on any atom is 0.219 e. The summed E-state index contributed by atoms with van der Waals surface area (Å²) in [6.07, 6.45) is 0. The number of hydrazine groups is 2. The third kappa shape index (κ3) is 0.986. The van der Waals surface area contributed by atoms with E-state index < -0.39 is 0 Å². The van der Waals surface area contributed by atoms with E-state index in [2.05, 4.69) is 31.8 Å². The number of fused-ring (bicyclic) bond motifs is 1. The molecule has 0 fully saturated rings. The molecule has 1 aliphatic heterocycles. The molecule has 7 nitrogen and oxygen atoms in total. The predicted molar refractivity (Wildman–Crippen MR) is 37.5 cm³/mol. The van der Waals surface area contributed by atoms with E-state index in [9.17, 15) is 4.79 Å². The molecule has 0 spiro atoms. The molecule has 0 unspecified atom stereocenters. The Morgan fingerprint density at radius 3 is 3.17 bits per heavy atom. The number of carbonyl (C=O) groups excluding carboxylic acids is 1. The first-order valence-electron chi connectivity index (χ1n) is 3.13. The number of rotatable bonds is 0. The lowest BCUT2D eigenvalue weighted by atomic mass is 10.4. The van der Waals surface area contributed by atoms with Crippen LogP contribution in [-0.2, 0) is 4.79 Å². The van der Waals surface area contributed by atoms with Crippen molar-refractivity contribution in [1.82, 2.24) is 21.3 Å². The summed E-state index contributed by atoms with van der Waals surface area (Å²) in [5, 5.41) is 11.1. The molecule has 7 heteroatoms. The number of hydrogen-bond acceptors (Lipinski definition) is 7. The van der Waals surface area contributed by atoms with Crippen LogP contribution in [0.3, 0.4) is 0 Å². The second-order valence-electron chi connectivity index (χ2n) is 2.04. The topological polar surface area (TPSA) is 91.3 Å². The van der Waals surface area contributed by atoms with Gasteiger partial charge in [-0.1, -0.05) is 0 Å². The van der Waals surface area contributed by atoms with E-state index in [4.69, 9.17) is 0 Å². The first-order chi connectivity index (χ1) is 5.90. The van der Waals surface area contributed by atoms with E-state index in [-0.39, 0.29) is 5.35 Å². The highest BCUT2D eigenvalue weighted by atomic mass is 16.1. The minimum Gasteiger partial charge on any atom is -0.299 e. The Morgan fingerprint density at radius 2 is 2.33 bits per heavy atom. The Kier molecular flexibility index (Phi) is 1.44. The van der Waals surface area contributed by atoms with Crippen LogP contribution in [0.1, 0.15) is 0 Å². The zero-order valence-corrected chi connectivity index (χ0v) is 5.83. The van der Waals surface area contributed by atoms with E-state index in [1.807, 2.05) is 0 Å². The first-order valence-corrected chi connectivity index (χ1v) is 3.13. The van der Waals surface area contributed by atoms with Crippen molar-refractivity contribution in [2.75, 3.05) is 5.43 Å². The number of nitrogens with one attached hydrogen (secondary N) is 3. The van der Waals surface area contributed by atoms with Crippen LogP contribution >= 0.6 is 0 Å². The van der Waals surface area contributed by atoms with Gasteiger partial charge in [-0.15, -0.1) is 20.8 Å². The molecule has 1 aromatic heterocycles. The van der Waals surface area contributed by atoms with Crippen LogP contribution in [0.4, 0.5) is 5.69 Å². The molecule has 0 aromatic carbocycles. The molecule has 1 aromatic rings. The van der Waals surface area contributed by atoms with Crippen LogP contribution < -0.4 is 27.3 Å². The highest BCUT2D eigenvalue weighted by molar-refractivity contribution is 5.48. The van der Waals surface area contributed by atoms with E-state index in [1.54, 1.807) is 5.94 Å². The third-order valence-electron chi connectivity index (χ3n) is 1.29. The fourth-order valence-corrected chi connectivity index (χ4v) is 0.786. The monoisotopic (exact) mass is 164 g/mol. The minimum absolute atomic E-state index is 0.139. The Morgan fingerprint density at radius 1 is 1.42 bits per heavy atom. The van der Waals surface area contributed by atoms with Crippen LogP contribution in [0.2, 0.25) is 0 Å². The molecule has 0 saturated heterocycles. The van der Waals surface area contributed by atoms with Gasteiger partial charge in [0.1, 0.15) is 5.69 Å². The summed E-state index contributed by atoms with van der Waals surface area (Å²) in [6.45, 7) is 0. The normalized spacial score (nSPS) is 13.0. The van der Waals surface area contributed by atoms with Crippen molar-refractivity contribution in [3.05, 3.63) is 16.9 Å². The molecule has 0 atom stereocenters. The lowest BCUT2D eigenvalue weighted by Gasteiger charge is -2.10. The number of hydrogen-bond donors (Lipinski definition) is 3. The van der Waals surface area contributed by atoms with Crippen molar-refractivity contribution in [2.24, 2.45) is 5.10 Å². The molecule has 0 saturated carbocycles. The molecule has 0 bridgehead atoms. The molecular formula is C5H4N6O. The van der Waals surface area contributed by atoms with Gasteiger partial charge < -0.3 is 0 Å². The van der Waals surface area contributed by atoms with Gasteiger partial charge in [0.25, 0.3) is 0 Å². The van der Waals surface area contributed by atoms with Gasteiger partial charge in [-0.05, 0) is 0 Å². The fraction of sp³-hybridized carbons (Fsp3) is 0. The van der Waals surface area contributed by atoms with Crippen LogP contribution in [0.25, 0.3) is 0 Å². The van der Waals surface area contributed by atoms with Gasteiger partial charge in [0.15, 0.2) is 11.3 Å². The quantitative estimate of drug-likeness (QED) is 0.377. The largest absolute Gasteiger partial charge is 0.299 e. The van der Waals surface area contributed by atoms with Crippen molar-refractivity contribution in [3.63, 3.8) is 0 Å². The molecule has 0 aliphatic carbocycles. The van der Waals surface area contributed by atoms with Crippen molar-refractivity contribution in [2.45, 2.75) is 0 Å². The Bertz CT molecular complexity index is 436. The van der Waals surface area contributed by atoms with Gasteiger partial charge in [-0.25, -0.2) is 10.3 Å². The van der Waals surface area contributed by atoms with Gasteiger partial charge in [-0.3, -0.25) is 5.43 Å². The second-order valence-corrected chi connectivity index (χ2v) is 2.04. The lowest BCUT2D eigenvalue weighted by molar-refractivity contribution is 0.563. The van der Waals surface area contributed by atoms with Gasteiger partial charge in [-0.2, -0.15) is 0 Å². The van der Waals surface area contributed by atoms with Gasteiger partial charge in [0.2, 0.25) is 5.49 Å². The SMILES string of the molecule is O=C=c1cc2c(nn1)=NNNN2. The highest BCUT2D eigenvalue weighted by Gasteiger charge is 2.01. The lowest BCUT2D eigenvalue weighted by Crippen LogP contribution is -2.43. The highest BCUT2D eigenvalue weighted by Crippen LogP contribution is 1.88. The molecule has 0 amide bonds. The van der Waals surface area contributed by atoms with E-state index in [1.165, 1.54) is 6.07 Å². The Balaban J connectivity index is 2.74. The van der Waals surface area contributed by atoms with Gasteiger partial charge in [0.05, 0.1) is 0 Å². The summed E-state index contributed by atoms with van der Waals surface area (Å²) in [4.78, 5) is 10.2. The van der Waals surface area contributed by atoms with Gasteiger partial charge >= 0.3 is 0 Å². The van der Waals surface area contributed by atoms with Crippen molar-refractivity contribution >= 4 is 11.6 Å². The Hall–Kier alpha value is -1.98. The fourth-order valence-electron chi connectivity index (χ4n) is 0.786. The summed E-state index contributed by atoms with van der Waals surface area (Å²) >= 11 is 0. The molecule has 2 heterocycles. The summed E-state index contributed by atoms with van der Waals surface area (Å²) in [7, 11) is 0. The first kappa shape index (κ1) is 6.71. The standard InChI is InChI=1S/C5H4N6O/c12-2-3-1-4-5(8-6-3)9-11-10-7-4/h1,7,10-11H. The van der Waals surface area contributed by atoms with E-state index >= 15 is 0 Å². The van der Waals surface area contributed by atoms with Crippen LogP contribution in [0, 0.1) is 0 Å². The Labute approximate surface area is 66.1 Å². The summed E-state index contributed by atoms with van der Waals surface area (Å²) in [5.74, 6) is 1.62. The molecule has 3 N–H and O–H groups in total. The average Bonchev–Trinajstić information content (AvgIpc) is 2.17. The molecule has 12 heavy (non-hydrogen) atoms. The average molecular weight is 164 g/mol. The third-order valence-corrected chi connectivity index (χ3v) is 1.29.